The SMILES string of the molecule is O=C1C=CC=CC(C(=O)/C=C/c2ccc(Cl)cc2)C1=O. The van der Waals surface area contributed by atoms with Crippen LogP contribution in [-0.4, -0.2) is 17.3 Å². The molecule has 2 rings (SSSR count). The predicted octanol–water partition coefficient (Wildman–Crippen LogP) is 2.80. The highest BCUT2D eigenvalue weighted by molar-refractivity contribution is 6.46. The van der Waals surface area contributed by atoms with Gasteiger partial charge in [-0.2, -0.15) is 0 Å². The first-order chi connectivity index (χ1) is 9.58. The van der Waals surface area contributed by atoms with Gasteiger partial charge in [-0.1, -0.05) is 48.0 Å². The van der Waals surface area contributed by atoms with Crippen molar-refractivity contribution < 1.29 is 14.4 Å². The molecule has 0 N–H and O–H groups in total. The molecule has 0 saturated carbocycles. The van der Waals surface area contributed by atoms with E-state index < -0.39 is 23.3 Å². The van der Waals surface area contributed by atoms with Crippen LogP contribution in [0.5, 0.6) is 0 Å². The molecule has 1 aromatic rings. The number of rotatable bonds is 3. The number of Topliss-reactive ketones (excluding diaryl/α,β-unsaturated/α-hetero) is 1. The van der Waals surface area contributed by atoms with Gasteiger partial charge in [0, 0.05) is 5.02 Å². The summed E-state index contributed by atoms with van der Waals surface area (Å²) in [5.41, 5.74) is 0.789. The monoisotopic (exact) mass is 286 g/mol. The lowest BCUT2D eigenvalue weighted by molar-refractivity contribution is -0.138. The van der Waals surface area contributed by atoms with E-state index in [4.69, 9.17) is 11.6 Å². The second-order valence-electron chi connectivity index (χ2n) is 4.24. The second-order valence-corrected chi connectivity index (χ2v) is 4.67. The molecule has 20 heavy (non-hydrogen) atoms. The van der Waals surface area contributed by atoms with Crippen LogP contribution in [0.25, 0.3) is 6.08 Å². The molecule has 0 amide bonds. The minimum Gasteiger partial charge on any atom is -0.294 e. The van der Waals surface area contributed by atoms with Crippen LogP contribution in [0.2, 0.25) is 5.02 Å². The van der Waals surface area contributed by atoms with Gasteiger partial charge >= 0.3 is 0 Å². The Morgan fingerprint density at radius 2 is 1.80 bits per heavy atom. The molecule has 3 nitrogen and oxygen atoms in total. The van der Waals surface area contributed by atoms with Crippen molar-refractivity contribution in [2.45, 2.75) is 0 Å². The summed E-state index contributed by atoms with van der Waals surface area (Å²) in [5.74, 6) is -2.83. The first-order valence-electron chi connectivity index (χ1n) is 5.98. The first-order valence-corrected chi connectivity index (χ1v) is 6.36. The van der Waals surface area contributed by atoms with Crippen LogP contribution in [0.4, 0.5) is 0 Å². The second kappa shape index (κ2) is 6.26. The molecule has 4 heteroatoms. The Labute approximate surface area is 121 Å². The molecule has 0 saturated heterocycles. The Balaban J connectivity index is 2.13. The maximum Gasteiger partial charge on any atom is 0.222 e. The number of benzene rings is 1. The summed E-state index contributed by atoms with van der Waals surface area (Å²) in [7, 11) is 0. The number of hydrogen-bond acceptors (Lipinski definition) is 3. The van der Waals surface area contributed by atoms with Crippen LogP contribution in [0, 0.1) is 5.92 Å². The van der Waals surface area contributed by atoms with E-state index in [0.717, 1.165) is 11.6 Å². The molecule has 0 fully saturated rings. The number of carbonyl (C=O) groups is 3. The average molecular weight is 287 g/mol. The molecule has 1 unspecified atom stereocenters. The Morgan fingerprint density at radius 3 is 2.50 bits per heavy atom. The van der Waals surface area contributed by atoms with Gasteiger partial charge < -0.3 is 0 Å². The molecular weight excluding hydrogens is 276 g/mol. The number of hydrogen-bond donors (Lipinski definition) is 0. The Kier molecular flexibility index (Phi) is 4.43. The van der Waals surface area contributed by atoms with Crippen LogP contribution < -0.4 is 0 Å². The summed E-state index contributed by atoms with van der Waals surface area (Å²) in [6, 6.07) is 6.92. The third kappa shape index (κ3) is 3.39. The van der Waals surface area contributed by atoms with Crippen molar-refractivity contribution in [2.75, 3.05) is 0 Å². The molecular formula is C16H11ClO3. The zero-order valence-corrected chi connectivity index (χ0v) is 11.2. The van der Waals surface area contributed by atoms with Gasteiger partial charge in [0.2, 0.25) is 11.6 Å². The van der Waals surface area contributed by atoms with E-state index in [-0.39, 0.29) is 0 Å². The molecule has 1 atom stereocenters. The third-order valence-electron chi connectivity index (χ3n) is 2.80. The van der Waals surface area contributed by atoms with Crippen molar-refractivity contribution in [3.63, 3.8) is 0 Å². The molecule has 0 aromatic heterocycles. The van der Waals surface area contributed by atoms with Gasteiger partial charge in [-0.05, 0) is 29.8 Å². The summed E-state index contributed by atoms with van der Waals surface area (Å²) in [6.45, 7) is 0. The number of carbonyl (C=O) groups excluding carboxylic acids is 3. The molecule has 1 aromatic carbocycles. The minimum absolute atomic E-state index is 0.418. The minimum atomic E-state index is -1.04. The smallest absolute Gasteiger partial charge is 0.222 e. The van der Waals surface area contributed by atoms with Crippen molar-refractivity contribution >= 4 is 35.0 Å². The van der Waals surface area contributed by atoms with Gasteiger partial charge in [0.05, 0.1) is 0 Å². The normalized spacial score (nSPS) is 18.6. The lowest BCUT2D eigenvalue weighted by Gasteiger charge is -2.04. The molecule has 100 valence electrons. The fourth-order valence-electron chi connectivity index (χ4n) is 1.72. The van der Waals surface area contributed by atoms with Gasteiger partial charge in [0.1, 0.15) is 5.92 Å². The van der Waals surface area contributed by atoms with E-state index in [1.165, 1.54) is 24.3 Å². The summed E-state index contributed by atoms with van der Waals surface area (Å²) in [6.07, 6.45) is 8.46. The van der Waals surface area contributed by atoms with Crippen LogP contribution in [-0.2, 0) is 14.4 Å². The Hall–Kier alpha value is -2.26. The largest absolute Gasteiger partial charge is 0.294 e. The van der Waals surface area contributed by atoms with Crippen molar-refractivity contribution in [2.24, 2.45) is 5.92 Å². The van der Waals surface area contributed by atoms with E-state index in [2.05, 4.69) is 0 Å². The molecule has 1 aliphatic rings. The standard InChI is InChI=1S/C16H11ClO3/c17-12-8-5-11(6-9-12)7-10-14(18)13-3-1-2-4-15(19)16(13)20/h1-10,13H/b10-7+. The van der Waals surface area contributed by atoms with Gasteiger partial charge in [-0.25, -0.2) is 0 Å². The third-order valence-corrected chi connectivity index (χ3v) is 3.06. The van der Waals surface area contributed by atoms with Crippen LogP contribution in [0.1, 0.15) is 5.56 Å². The van der Waals surface area contributed by atoms with Crippen molar-refractivity contribution in [3.8, 4) is 0 Å². The number of halogens is 1. The highest BCUT2D eigenvalue weighted by Crippen LogP contribution is 2.13. The predicted molar refractivity (Wildman–Crippen MR) is 77.3 cm³/mol. The molecule has 0 radical (unpaired) electrons. The molecule has 0 aliphatic heterocycles. The molecule has 0 spiro atoms. The van der Waals surface area contributed by atoms with Gasteiger partial charge in [0.15, 0.2) is 5.78 Å². The zero-order valence-electron chi connectivity index (χ0n) is 10.5. The van der Waals surface area contributed by atoms with Crippen LogP contribution in [0.3, 0.4) is 0 Å². The Bertz CT molecular complexity index is 636. The van der Waals surface area contributed by atoms with Crippen LogP contribution >= 0.6 is 11.6 Å². The van der Waals surface area contributed by atoms with Gasteiger partial charge in [-0.15, -0.1) is 0 Å². The fourth-order valence-corrected chi connectivity index (χ4v) is 1.85. The molecule has 0 heterocycles. The highest BCUT2D eigenvalue weighted by Gasteiger charge is 2.27. The number of ketones is 3. The lowest BCUT2D eigenvalue weighted by atomic mass is 9.96. The molecule has 0 bridgehead atoms. The zero-order chi connectivity index (χ0) is 14.5. The van der Waals surface area contributed by atoms with Crippen molar-refractivity contribution in [3.05, 3.63) is 65.2 Å². The van der Waals surface area contributed by atoms with E-state index in [1.54, 1.807) is 30.3 Å². The van der Waals surface area contributed by atoms with Crippen LogP contribution in [0.15, 0.2) is 54.6 Å². The van der Waals surface area contributed by atoms with Crippen molar-refractivity contribution in [1.82, 2.24) is 0 Å². The highest BCUT2D eigenvalue weighted by atomic mass is 35.5. The first kappa shape index (κ1) is 14.2. The summed E-state index contributed by atoms with van der Waals surface area (Å²) in [5, 5.41) is 0.604. The average Bonchev–Trinajstić information content (AvgIpc) is 2.61. The fraction of sp³-hybridized carbons (Fsp3) is 0.0625. The maximum atomic E-state index is 12.0. The van der Waals surface area contributed by atoms with E-state index in [9.17, 15) is 14.4 Å². The van der Waals surface area contributed by atoms with E-state index >= 15 is 0 Å². The Morgan fingerprint density at radius 1 is 1.10 bits per heavy atom. The van der Waals surface area contributed by atoms with E-state index in [0.29, 0.717) is 5.02 Å². The topological polar surface area (TPSA) is 51.2 Å². The lowest BCUT2D eigenvalue weighted by Crippen LogP contribution is -2.26. The maximum absolute atomic E-state index is 12.0. The summed E-state index contributed by atoms with van der Waals surface area (Å²) < 4.78 is 0. The van der Waals surface area contributed by atoms with Gasteiger partial charge in [-0.3, -0.25) is 14.4 Å². The van der Waals surface area contributed by atoms with E-state index in [1.807, 2.05) is 0 Å². The molecule has 1 aliphatic carbocycles. The summed E-state index contributed by atoms with van der Waals surface area (Å²) >= 11 is 5.76. The van der Waals surface area contributed by atoms with Gasteiger partial charge in [0.25, 0.3) is 0 Å². The van der Waals surface area contributed by atoms with Crippen molar-refractivity contribution in [1.29, 1.82) is 0 Å². The summed E-state index contributed by atoms with van der Waals surface area (Å²) in [4.78, 5) is 35.1. The number of allylic oxidation sites excluding steroid dienone is 5. The quantitative estimate of drug-likeness (QED) is 0.488.